The predicted molar refractivity (Wildman–Crippen MR) is 102 cm³/mol. The van der Waals surface area contributed by atoms with Crippen LogP contribution in [0.5, 0.6) is 0 Å². The van der Waals surface area contributed by atoms with Crippen LogP contribution in [0, 0.1) is 13.8 Å². The number of piperazine rings is 1. The van der Waals surface area contributed by atoms with Gasteiger partial charge in [-0.25, -0.2) is 4.98 Å². The highest BCUT2D eigenvalue weighted by Crippen LogP contribution is 2.23. The van der Waals surface area contributed by atoms with Crippen LogP contribution in [-0.2, 0) is 4.79 Å². The highest BCUT2D eigenvalue weighted by atomic mass is 16.2. The number of para-hydroxylation sites is 1. The lowest BCUT2D eigenvalue weighted by molar-refractivity contribution is -0.130. The van der Waals surface area contributed by atoms with Crippen molar-refractivity contribution in [3.63, 3.8) is 0 Å². The summed E-state index contributed by atoms with van der Waals surface area (Å²) in [4.78, 5) is 31.9. The largest absolute Gasteiger partial charge is 0.340 e. The monoisotopic (exact) mass is 352 g/mol. The van der Waals surface area contributed by atoms with E-state index in [0.29, 0.717) is 37.6 Å². The van der Waals surface area contributed by atoms with Gasteiger partial charge >= 0.3 is 0 Å². The van der Waals surface area contributed by atoms with Gasteiger partial charge in [0.05, 0.1) is 5.56 Å². The summed E-state index contributed by atoms with van der Waals surface area (Å²) in [7, 11) is 0. The minimum absolute atomic E-state index is 0.0423. The molecule has 1 fully saturated rings. The van der Waals surface area contributed by atoms with Crippen LogP contribution in [0.4, 0.5) is 11.5 Å². The molecule has 0 atom stereocenters. The van der Waals surface area contributed by atoms with Gasteiger partial charge in [0.2, 0.25) is 5.91 Å². The van der Waals surface area contributed by atoms with Crippen LogP contribution in [0.25, 0.3) is 0 Å². The third-order valence-electron chi connectivity index (χ3n) is 4.76. The quantitative estimate of drug-likeness (QED) is 0.922. The fourth-order valence-electron chi connectivity index (χ4n) is 3.14. The highest BCUT2D eigenvalue weighted by molar-refractivity contribution is 5.94. The van der Waals surface area contributed by atoms with Gasteiger partial charge in [0.1, 0.15) is 5.82 Å². The normalized spacial score (nSPS) is 14.3. The summed E-state index contributed by atoms with van der Waals surface area (Å²) in [5, 5.41) is 3.32. The smallest absolute Gasteiger partial charge is 0.255 e. The zero-order valence-electron chi connectivity index (χ0n) is 15.5. The number of aryl methyl sites for hydroxylation is 2. The first-order chi connectivity index (χ1) is 12.5. The molecule has 1 aromatic carbocycles. The van der Waals surface area contributed by atoms with Crippen LogP contribution < -0.4 is 5.32 Å². The van der Waals surface area contributed by atoms with E-state index in [2.05, 4.69) is 10.3 Å². The zero-order chi connectivity index (χ0) is 18.7. The molecule has 6 heteroatoms. The Morgan fingerprint density at radius 1 is 0.962 bits per heavy atom. The maximum absolute atomic E-state index is 12.6. The Labute approximate surface area is 153 Å². The molecule has 0 bridgehead atoms. The zero-order valence-corrected chi connectivity index (χ0v) is 15.5. The van der Waals surface area contributed by atoms with Gasteiger partial charge in [0.25, 0.3) is 5.91 Å². The third-order valence-corrected chi connectivity index (χ3v) is 4.76. The minimum Gasteiger partial charge on any atom is -0.340 e. The van der Waals surface area contributed by atoms with Crippen LogP contribution in [-0.4, -0.2) is 52.8 Å². The van der Waals surface area contributed by atoms with Gasteiger partial charge in [-0.1, -0.05) is 18.2 Å². The Morgan fingerprint density at radius 2 is 1.58 bits per heavy atom. The molecule has 0 saturated carbocycles. The standard InChI is InChI=1S/C20H24N4O2/c1-14-5-4-6-15(2)19(14)22-18-8-7-17(13-21-18)20(26)24-11-9-23(10-12-24)16(3)25/h4-8,13H,9-12H2,1-3H3,(H,21,22). The number of benzene rings is 1. The van der Waals surface area contributed by atoms with Crippen LogP contribution >= 0.6 is 0 Å². The molecule has 2 aromatic rings. The average Bonchev–Trinajstić information content (AvgIpc) is 2.65. The highest BCUT2D eigenvalue weighted by Gasteiger charge is 2.23. The Kier molecular flexibility index (Phi) is 5.21. The Morgan fingerprint density at radius 3 is 2.12 bits per heavy atom. The van der Waals surface area contributed by atoms with Crippen molar-refractivity contribution < 1.29 is 9.59 Å². The maximum atomic E-state index is 12.6. The van der Waals surface area contributed by atoms with E-state index in [1.807, 2.05) is 38.1 Å². The van der Waals surface area contributed by atoms with Crippen molar-refractivity contribution in [2.24, 2.45) is 0 Å². The van der Waals surface area contributed by atoms with E-state index in [4.69, 9.17) is 0 Å². The minimum atomic E-state index is -0.0423. The molecular formula is C20H24N4O2. The van der Waals surface area contributed by atoms with Crippen molar-refractivity contribution >= 4 is 23.3 Å². The van der Waals surface area contributed by atoms with Crippen molar-refractivity contribution in [2.45, 2.75) is 20.8 Å². The number of carbonyl (C=O) groups is 2. The van der Waals surface area contributed by atoms with Gasteiger partial charge < -0.3 is 15.1 Å². The van der Waals surface area contributed by atoms with Gasteiger partial charge in [-0.15, -0.1) is 0 Å². The maximum Gasteiger partial charge on any atom is 0.255 e. The van der Waals surface area contributed by atoms with Gasteiger partial charge in [0, 0.05) is 45.0 Å². The first-order valence-corrected chi connectivity index (χ1v) is 8.80. The van der Waals surface area contributed by atoms with E-state index in [1.54, 1.807) is 29.0 Å². The van der Waals surface area contributed by atoms with Crippen molar-refractivity contribution in [1.82, 2.24) is 14.8 Å². The second-order valence-electron chi connectivity index (χ2n) is 6.62. The van der Waals surface area contributed by atoms with E-state index >= 15 is 0 Å². The summed E-state index contributed by atoms with van der Waals surface area (Å²) in [5.41, 5.74) is 3.90. The van der Waals surface area contributed by atoms with E-state index in [9.17, 15) is 9.59 Å². The fraction of sp³-hybridized carbons (Fsp3) is 0.350. The second-order valence-corrected chi connectivity index (χ2v) is 6.62. The summed E-state index contributed by atoms with van der Waals surface area (Å²) >= 11 is 0. The average molecular weight is 352 g/mol. The molecule has 136 valence electrons. The summed E-state index contributed by atoms with van der Waals surface area (Å²) < 4.78 is 0. The van der Waals surface area contributed by atoms with Crippen LogP contribution in [0.2, 0.25) is 0 Å². The van der Waals surface area contributed by atoms with E-state index < -0.39 is 0 Å². The van der Waals surface area contributed by atoms with Gasteiger partial charge in [-0.05, 0) is 37.1 Å². The van der Waals surface area contributed by atoms with Crippen LogP contribution in [0.1, 0.15) is 28.4 Å². The fourth-order valence-corrected chi connectivity index (χ4v) is 3.14. The number of amides is 2. The second kappa shape index (κ2) is 7.56. The van der Waals surface area contributed by atoms with Gasteiger partial charge in [-0.2, -0.15) is 0 Å². The Balaban J connectivity index is 1.66. The Bertz CT molecular complexity index is 789. The molecule has 6 nitrogen and oxygen atoms in total. The van der Waals surface area contributed by atoms with Crippen LogP contribution in [0.3, 0.4) is 0 Å². The molecule has 2 heterocycles. The van der Waals surface area contributed by atoms with E-state index in [-0.39, 0.29) is 11.8 Å². The summed E-state index contributed by atoms with van der Waals surface area (Å²) in [6.45, 7) is 7.94. The molecule has 0 unspecified atom stereocenters. The lowest BCUT2D eigenvalue weighted by Crippen LogP contribution is -2.50. The summed E-state index contributed by atoms with van der Waals surface area (Å²) in [6.07, 6.45) is 1.61. The molecule has 1 N–H and O–H groups in total. The molecule has 1 aliphatic heterocycles. The molecule has 1 saturated heterocycles. The number of hydrogen-bond acceptors (Lipinski definition) is 4. The van der Waals surface area contributed by atoms with Crippen LogP contribution in [0.15, 0.2) is 36.5 Å². The molecule has 1 aromatic heterocycles. The third kappa shape index (κ3) is 3.85. The first-order valence-electron chi connectivity index (χ1n) is 8.80. The Hall–Kier alpha value is -2.89. The van der Waals surface area contributed by atoms with E-state index in [0.717, 1.165) is 16.8 Å². The van der Waals surface area contributed by atoms with Crippen molar-refractivity contribution in [2.75, 3.05) is 31.5 Å². The predicted octanol–water partition coefficient (Wildman–Crippen LogP) is 2.75. The number of rotatable bonds is 3. The SMILES string of the molecule is CC(=O)N1CCN(C(=O)c2ccc(Nc3c(C)cccc3C)nc2)CC1. The first kappa shape index (κ1) is 17.9. The lowest BCUT2D eigenvalue weighted by atomic mass is 10.1. The number of nitrogens with one attached hydrogen (secondary N) is 1. The topological polar surface area (TPSA) is 65.5 Å². The van der Waals surface area contributed by atoms with Crippen molar-refractivity contribution in [3.05, 3.63) is 53.2 Å². The number of pyridine rings is 1. The van der Waals surface area contributed by atoms with Crippen molar-refractivity contribution in [3.8, 4) is 0 Å². The number of anilines is 2. The summed E-state index contributed by atoms with van der Waals surface area (Å²) in [5.74, 6) is 0.723. The molecule has 0 spiro atoms. The van der Waals surface area contributed by atoms with Gasteiger partial charge in [-0.3, -0.25) is 9.59 Å². The number of nitrogens with zero attached hydrogens (tertiary/aromatic N) is 3. The molecular weight excluding hydrogens is 328 g/mol. The lowest BCUT2D eigenvalue weighted by Gasteiger charge is -2.34. The molecule has 3 rings (SSSR count). The van der Waals surface area contributed by atoms with E-state index in [1.165, 1.54) is 0 Å². The number of aromatic nitrogens is 1. The van der Waals surface area contributed by atoms with Gasteiger partial charge in [0.15, 0.2) is 0 Å². The molecule has 1 aliphatic rings. The molecule has 26 heavy (non-hydrogen) atoms. The van der Waals surface area contributed by atoms with Crippen molar-refractivity contribution in [1.29, 1.82) is 0 Å². The number of hydrogen-bond donors (Lipinski definition) is 1. The molecule has 0 aliphatic carbocycles. The molecule has 2 amide bonds. The summed E-state index contributed by atoms with van der Waals surface area (Å²) in [6, 6.07) is 9.74. The molecule has 0 radical (unpaired) electrons. The number of carbonyl (C=O) groups excluding carboxylic acids is 2.